The van der Waals surface area contributed by atoms with Crippen molar-refractivity contribution < 1.29 is 23.1 Å². The summed E-state index contributed by atoms with van der Waals surface area (Å²) in [6, 6.07) is 5.72. The Morgan fingerprint density at radius 2 is 1.62 bits per heavy atom. The number of rotatable bonds is 8. The van der Waals surface area contributed by atoms with Crippen LogP contribution in [-0.2, 0) is 14.6 Å². The molecule has 0 aliphatic rings. The van der Waals surface area contributed by atoms with Crippen molar-refractivity contribution in [3.63, 3.8) is 0 Å². The van der Waals surface area contributed by atoms with Gasteiger partial charge in [0.05, 0.1) is 17.1 Å². The van der Waals surface area contributed by atoms with Crippen molar-refractivity contribution in [2.45, 2.75) is 38.0 Å². The molecule has 0 radical (unpaired) electrons. The minimum absolute atomic E-state index is 0.00878. The number of carboxylic acids is 1. The van der Waals surface area contributed by atoms with Gasteiger partial charge in [-0.1, -0.05) is 26.0 Å². The molecule has 0 saturated heterocycles. The number of hydrogen-bond acceptors (Lipinski definition) is 4. The fourth-order valence-corrected chi connectivity index (χ4v) is 3.29. The maximum Gasteiger partial charge on any atom is 0.304 e. The van der Waals surface area contributed by atoms with Crippen LogP contribution in [0.3, 0.4) is 0 Å². The molecule has 5 nitrogen and oxygen atoms in total. The number of carboxylic acid groups (broad SMARTS) is 1. The number of aliphatic carboxylic acids is 1. The molecule has 1 rings (SSSR count). The number of hydrogen-bond donors (Lipinski definition) is 1. The lowest BCUT2D eigenvalue weighted by Gasteiger charge is -2.11. The fourth-order valence-electron chi connectivity index (χ4n) is 2.06. The zero-order valence-corrected chi connectivity index (χ0v) is 13.0. The quantitative estimate of drug-likeness (QED) is 0.745. The fraction of sp³-hybridized carbons (Fsp3) is 0.467. The Bertz CT molecular complexity index is 597. The summed E-state index contributed by atoms with van der Waals surface area (Å²) in [6.07, 6.45) is 1.05. The van der Waals surface area contributed by atoms with Crippen LogP contribution in [0.2, 0.25) is 0 Å². The summed E-state index contributed by atoms with van der Waals surface area (Å²) in [6.45, 7) is 3.88. The van der Waals surface area contributed by atoms with Gasteiger partial charge in [0.25, 0.3) is 0 Å². The average molecular weight is 312 g/mol. The molecule has 6 heteroatoms. The molecule has 0 heterocycles. The molecule has 0 unspecified atom stereocenters. The van der Waals surface area contributed by atoms with Gasteiger partial charge in [-0.3, -0.25) is 9.59 Å². The highest BCUT2D eigenvalue weighted by Gasteiger charge is 2.19. The molecule has 0 aliphatic heterocycles. The van der Waals surface area contributed by atoms with Crippen LogP contribution in [0.5, 0.6) is 0 Å². The van der Waals surface area contributed by atoms with Crippen LogP contribution in [0.4, 0.5) is 0 Å². The molecule has 0 amide bonds. The second-order valence-electron chi connectivity index (χ2n) is 4.86. The van der Waals surface area contributed by atoms with Gasteiger partial charge in [0.2, 0.25) is 0 Å². The minimum atomic E-state index is -3.62. The number of sulfone groups is 1. The van der Waals surface area contributed by atoms with E-state index in [1.807, 2.05) is 13.8 Å². The highest BCUT2D eigenvalue weighted by Crippen LogP contribution is 2.18. The van der Waals surface area contributed by atoms with Gasteiger partial charge in [0.1, 0.15) is 0 Å². The summed E-state index contributed by atoms with van der Waals surface area (Å²) in [5, 5.41) is 8.55. The highest BCUT2D eigenvalue weighted by molar-refractivity contribution is 7.91. The molecule has 21 heavy (non-hydrogen) atoms. The van der Waals surface area contributed by atoms with Gasteiger partial charge in [-0.2, -0.15) is 0 Å². The monoisotopic (exact) mass is 312 g/mol. The molecule has 0 aromatic heterocycles. The number of Topliss-reactive ketones (excluding diaryl/α,β-unsaturated/α-hetero) is 1. The first-order valence-corrected chi connectivity index (χ1v) is 8.55. The molecule has 1 N–H and O–H groups in total. The van der Waals surface area contributed by atoms with Crippen molar-refractivity contribution in [1.29, 1.82) is 0 Å². The first-order chi connectivity index (χ1) is 9.81. The summed E-state index contributed by atoms with van der Waals surface area (Å²) in [5.74, 6) is -1.64. The number of benzene rings is 1. The Hall–Kier alpha value is -1.69. The average Bonchev–Trinajstić information content (AvgIpc) is 2.46. The maximum absolute atomic E-state index is 12.2. The van der Waals surface area contributed by atoms with Crippen LogP contribution in [0.15, 0.2) is 29.2 Å². The van der Waals surface area contributed by atoms with Gasteiger partial charge in [0.15, 0.2) is 15.6 Å². The van der Waals surface area contributed by atoms with E-state index in [2.05, 4.69) is 0 Å². The van der Waals surface area contributed by atoms with Crippen LogP contribution in [0, 0.1) is 5.92 Å². The Labute approximate surface area is 124 Å². The topological polar surface area (TPSA) is 88.5 Å². The Morgan fingerprint density at radius 1 is 1.10 bits per heavy atom. The van der Waals surface area contributed by atoms with E-state index in [0.29, 0.717) is 5.56 Å². The molecular weight excluding hydrogens is 292 g/mol. The minimum Gasteiger partial charge on any atom is -0.481 e. The van der Waals surface area contributed by atoms with Gasteiger partial charge in [-0.05, 0) is 25.0 Å². The Balaban J connectivity index is 2.92. The van der Waals surface area contributed by atoms with E-state index in [1.165, 1.54) is 24.3 Å². The van der Waals surface area contributed by atoms with Crippen molar-refractivity contribution in [2.24, 2.45) is 5.92 Å². The lowest BCUT2D eigenvalue weighted by Crippen LogP contribution is -2.14. The molecule has 116 valence electrons. The van der Waals surface area contributed by atoms with E-state index in [4.69, 9.17) is 5.11 Å². The third kappa shape index (κ3) is 4.67. The summed E-state index contributed by atoms with van der Waals surface area (Å²) >= 11 is 0. The van der Waals surface area contributed by atoms with Crippen LogP contribution in [0.25, 0.3) is 0 Å². The predicted octanol–water partition coefficient (Wildman–Crippen LogP) is 2.55. The normalized spacial score (nSPS) is 11.6. The maximum atomic E-state index is 12.2. The van der Waals surface area contributed by atoms with Crippen LogP contribution < -0.4 is 0 Å². The standard InChI is InChI=1S/C15H20O5S/c1-3-11(4-2)15(18)12-5-7-13(8-6-12)21(19,20)10-9-14(16)17/h5-8,11H,3-4,9-10H2,1-2H3,(H,16,17). The number of carbonyl (C=O) groups is 2. The third-order valence-electron chi connectivity index (χ3n) is 3.44. The van der Waals surface area contributed by atoms with Gasteiger partial charge >= 0.3 is 5.97 Å². The predicted molar refractivity (Wildman–Crippen MR) is 79.2 cm³/mol. The molecule has 0 bridgehead atoms. The molecule has 0 aliphatic carbocycles. The van der Waals surface area contributed by atoms with Crippen molar-refractivity contribution in [3.05, 3.63) is 29.8 Å². The Kier molecular flexibility index (Phi) is 6.08. The highest BCUT2D eigenvalue weighted by atomic mass is 32.2. The van der Waals surface area contributed by atoms with Crippen molar-refractivity contribution >= 4 is 21.6 Å². The zero-order chi connectivity index (χ0) is 16.0. The van der Waals surface area contributed by atoms with E-state index in [1.54, 1.807) is 0 Å². The molecule has 0 spiro atoms. The summed E-state index contributed by atoms with van der Waals surface area (Å²) in [5.41, 5.74) is 0.487. The zero-order valence-electron chi connectivity index (χ0n) is 12.2. The first-order valence-electron chi connectivity index (χ1n) is 6.90. The van der Waals surface area contributed by atoms with Crippen molar-refractivity contribution in [3.8, 4) is 0 Å². The van der Waals surface area contributed by atoms with Gasteiger partial charge < -0.3 is 5.11 Å². The molecular formula is C15H20O5S. The molecule has 0 saturated carbocycles. The van der Waals surface area contributed by atoms with E-state index in [9.17, 15) is 18.0 Å². The summed E-state index contributed by atoms with van der Waals surface area (Å²) < 4.78 is 23.8. The van der Waals surface area contributed by atoms with E-state index < -0.39 is 28.0 Å². The van der Waals surface area contributed by atoms with Gasteiger partial charge in [-0.15, -0.1) is 0 Å². The SMILES string of the molecule is CCC(CC)C(=O)c1ccc(S(=O)(=O)CCC(=O)O)cc1. The molecule has 0 atom stereocenters. The first kappa shape index (κ1) is 17.4. The van der Waals surface area contributed by atoms with E-state index in [-0.39, 0.29) is 16.6 Å². The second kappa shape index (κ2) is 7.36. The van der Waals surface area contributed by atoms with Crippen LogP contribution >= 0.6 is 0 Å². The molecule has 0 fully saturated rings. The number of ketones is 1. The van der Waals surface area contributed by atoms with Crippen molar-refractivity contribution in [1.82, 2.24) is 0 Å². The lowest BCUT2D eigenvalue weighted by atomic mass is 9.93. The van der Waals surface area contributed by atoms with E-state index >= 15 is 0 Å². The Morgan fingerprint density at radius 3 is 2.05 bits per heavy atom. The third-order valence-corrected chi connectivity index (χ3v) is 5.17. The van der Waals surface area contributed by atoms with Crippen molar-refractivity contribution in [2.75, 3.05) is 5.75 Å². The second-order valence-corrected chi connectivity index (χ2v) is 6.97. The summed E-state index contributed by atoms with van der Waals surface area (Å²) in [4.78, 5) is 22.7. The van der Waals surface area contributed by atoms with Crippen LogP contribution in [0.1, 0.15) is 43.5 Å². The summed E-state index contributed by atoms with van der Waals surface area (Å²) in [7, 11) is -3.62. The smallest absolute Gasteiger partial charge is 0.304 e. The van der Waals surface area contributed by atoms with Crippen LogP contribution in [-0.4, -0.2) is 31.0 Å². The largest absolute Gasteiger partial charge is 0.481 e. The molecule has 1 aromatic carbocycles. The van der Waals surface area contributed by atoms with E-state index in [0.717, 1.165) is 12.8 Å². The van der Waals surface area contributed by atoms with Gasteiger partial charge in [0, 0.05) is 11.5 Å². The molecule has 1 aromatic rings. The lowest BCUT2D eigenvalue weighted by molar-refractivity contribution is -0.136. The van der Waals surface area contributed by atoms with Gasteiger partial charge in [-0.25, -0.2) is 8.42 Å². The number of carbonyl (C=O) groups excluding carboxylic acids is 1.